The molecule has 0 saturated heterocycles. The molecular formula is C8H5ClF4N2O2. The maximum absolute atomic E-state index is 12.4. The highest BCUT2D eigenvalue weighted by Gasteiger charge is 2.41. The van der Waals surface area contributed by atoms with Gasteiger partial charge in [-0.1, -0.05) is 0 Å². The van der Waals surface area contributed by atoms with E-state index in [0.29, 0.717) is 0 Å². The quantitative estimate of drug-likeness (QED) is 0.609. The van der Waals surface area contributed by atoms with Gasteiger partial charge in [-0.3, -0.25) is 4.79 Å². The molecule has 1 heterocycles. The Morgan fingerprint density at radius 1 is 1.41 bits per heavy atom. The molecule has 1 aromatic rings. The molecule has 9 heteroatoms. The molecule has 0 atom stereocenters. The van der Waals surface area contributed by atoms with Crippen molar-refractivity contribution >= 4 is 16.8 Å². The maximum atomic E-state index is 12.4. The Morgan fingerprint density at radius 2 is 2.06 bits per heavy atom. The lowest BCUT2D eigenvalue weighted by molar-refractivity contribution is -0.148. The molecular weight excluding hydrogens is 268 g/mol. The number of carbonyl (C=O) groups excluding carboxylic acids is 1. The number of halogens is 5. The summed E-state index contributed by atoms with van der Waals surface area (Å²) in [5.41, 5.74) is -0.209. The molecule has 94 valence electrons. The van der Waals surface area contributed by atoms with Gasteiger partial charge in [0.25, 0.3) is 5.24 Å². The number of aromatic nitrogens is 2. The summed E-state index contributed by atoms with van der Waals surface area (Å²) >= 11 is 5.05. The number of hydrogen-bond donors (Lipinski definition) is 0. The van der Waals surface area contributed by atoms with Gasteiger partial charge < -0.3 is 4.74 Å². The molecule has 4 nitrogen and oxygen atoms in total. The van der Waals surface area contributed by atoms with E-state index in [1.165, 1.54) is 0 Å². The van der Waals surface area contributed by atoms with Crippen molar-refractivity contribution in [3.05, 3.63) is 18.1 Å². The van der Waals surface area contributed by atoms with Gasteiger partial charge in [-0.05, 0) is 11.6 Å². The van der Waals surface area contributed by atoms with Gasteiger partial charge in [0.1, 0.15) is 5.69 Å². The highest BCUT2D eigenvalue weighted by atomic mass is 35.5. The molecule has 0 bridgehead atoms. The Kier molecular flexibility index (Phi) is 4.22. The third-order valence-electron chi connectivity index (χ3n) is 1.56. The first-order chi connectivity index (χ1) is 7.83. The van der Waals surface area contributed by atoms with Crippen LogP contribution in [0.5, 0.6) is 5.88 Å². The fourth-order valence-electron chi connectivity index (χ4n) is 0.725. The van der Waals surface area contributed by atoms with E-state index in [1.807, 2.05) is 0 Å². The number of ether oxygens (including phenoxy) is 1. The highest BCUT2D eigenvalue weighted by molar-refractivity contribution is 6.67. The van der Waals surface area contributed by atoms with Crippen LogP contribution in [-0.2, 0) is 0 Å². The lowest BCUT2D eigenvalue weighted by atomic mass is 10.4. The Hall–Kier alpha value is -1.44. The first-order valence-electron chi connectivity index (χ1n) is 4.13. The lowest BCUT2D eigenvalue weighted by Gasteiger charge is -2.14. The molecule has 0 aliphatic rings. The minimum absolute atomic E-state index is 0.209. The molecule has 1 rings (SSSR count). The molecule has 17 heavy (non-hydrogen) atoms. The van der Waals surface area contributed by atoms with E-state index in [-0.39, 0.29) is 5.69 Å². The zero-order valence-corrected chi connectivity index (χ0v) is 8.80. The molecule has 1 aromatic heterocycles. The van der Waals surface area contributed by atoms with E-state index in [9.17, 15) is 22.4 Å². The summed E-state index contributed by atoms with van der Waals surface area (Å²) in [6.45, 7) is -1.53. The second-order valence-corrected chi connectivity index (χ2v) is 3.21. The smallest absolute Gasteiger partial charge is 0.340 e. The van der Waals surface area contributed by atoms with Crippen LogP contribution in [0.25, 0.3) is 0 Å². The van der Waals surface area contributed by atoms with Crippen LogP contribution in [0.2, 0.25) is 0 Å². The molecule has 0 N–H and O–H groups in total. The van der Waals surface area contributed by atoms with Gasteiger partial charge >= 0.3 is 12.3 Å². The normalized spacial score (nSPS) is 11.6. The van der Waals surface area contributed by atoms with Gasteiger partial charge in [0.15, 0.2) is 6.61 Å². The minimum Gasteiger partial charge on any atom is -0.470 e. The summed E-state index contributed by atoms with van der Waals surface area (Å²) in [4.78, 5) is 17.4. The zero-order valence-electron chi connectivity index (χ0n) is 8.04. The van der Waals surface area contributed by atoms with Crippen LogP contribution in [0.3, 0.4) is 0 Å². The molecule has 0 aromatic carbocycles. The average Bonchev–Trinajstić information content (AvgIpc) is 2.27. The number of nitrogens with zero attached hydrogens (tertiary/aromatic N) is 2. The summed E-state index contributed by atoms with van der Waals surface area (Å²) in [7, 11) is 0. The van der Waals surface area contributed by atoms with Gasteiger partial charge in [-0.25, -0.2) is 18.7 Å². The summed E-state index contributed by atoms with van der Waals surface area (Å²) in [5.74, 6) is -4.69. The number of rotatable bonds is 5. The van der Waals surface area contributed by atoms with Crippen molar-refractivity contribution < 1.29 is 27.1 Å². The lowest BCUT2D eigenvalue weighted by Crippen LogP contribution is -2.33. The van der Waals surface area contributed by atoms with Crippen molar-refractivity contribution in [1.82, 2.24) is 9.97 Å². The fourth-order valence-corrected chi connectivity index (χ4v) is 0.823. The monoisotopic (exact) mass is 272 g/mol. The summed E-state index contributed by atoms with van der Waals surface area (Å²) in [6.07, 6.45) is -2.12. The van der Waals surface area contributed by atoms with Crippen molar-refractivity contribution in [2.75, 3.05) is 6.61 Å². The molecule has 0 fully saturated rings. The number of carbonyl (C=O) groups is 1. The zero-order chi connectivity index (χ0) is 13.1. The van der Waals surface area contributed by atoms with E-state index in [1.54, 1.807) is 0 Å². The third kappa shape index (κ3) is 3.81. The first-order valence-corrected chi connectivity index (χ1v) is 4.51. The van der Waals surface area contributed by atoms with Gasteiger partial charge in [0, 0.05) is 0 Å². The van der Waals surface area contributed by atoms with E-state index < -0.39 is 30.1 Å². The Balaban J connectivity index is 2.62. The molecule has 0 unspecified atom stereocenters. The van der Waals surface area contributed by atoms with Crippen LogP contribution in [0.4, 0.5) is 17.6 Å². The van der Waals surface area contributed by atoms with Crippen LogP contribution < -0.4 is 4.74 Å². The third-order valence-corrected chi connectivity index (χ3v) is 1.75. The van der Waals surface area contributed by atoms with Crippen molar-refractivity contribution in [2.45, 2.75) is 12.3 Å². The fraction of sp³-hybridized carbons (Fsp3) is 0.375. The first kappa shape index (κ1) is 13.6. The largest absolute Gasteiger partial charge is 0.470 e. The standard InChI is InChI=1S/C8H5ClF4N2O2/c9-6(16)4-1-15-5(2-14-4)17-3-8(12,13)7(10)11/h1-2,7H,3H2. The van der Waals surface area contributed by atoms with Crippen LogP contribution in [-0.4, -0.2) is 34.2 Å². The maximum Gasteiger partial charge on any atom is 0.340 e. The molecule has 0 aliphatic heterocycles. The summed E-state index contributed by atoms with van der Waals surface area (Å²) in [6, 6.07) is 0. The number of hydrogen-bond acceptors (Lipinski definition) is 4. The van der Waals surface area contributed by atoms with Gasteiger partial charge in [-0.15, -0.1) is 0 Å². The highest BCUT2D eigenvalue weighted by Crippen LogP contribution is 2.23. The molecule has 0 amide bonds. The van der Waals surface area contributed by atoms with Gasteiger partial charge in [0.05, 0.1) is 12.4 Å². The van der Waals surface area contributed by atoms with Gasteiger partial charge in [-0.2, -0.15) is 8.78 Å². The summed E-state index contributed by atoms with van der Waals surface area (Å²) in [5, 5.41) is -0.887. The molecule has 0 aliphatic carbocycles. The Labute approximate surface area is 97.6 Å². The van der Waals surface area contributed by atoms with E-state index in [2.05, 4.69) is 14.7 Å². The van der Waals surface area contributed by atoms with E-state index in [0.717, 1.165) is 12.4 Å². The average molecular weight is 273 g/mol. The SMILES string of the molecule is O=C(Cl)c1cnc(OCC(F)(F)C(F)F)cn1. The predicted octanol–water partition coefficient (Wildman–Crippen LogP) is 2.13. The minimum atomic E-state index is -4.28. The Morgan fingerprint density at radius 3 is 2.47 bits per heavy atom. The van der Waals surface area contributed by atoms with Crippen molar-refractivity contribution in [3.8, 4) is 5.88 Å². The van der Waals surface area contributed by atoms with E-state index in [4.69, 9.17) is 11.6 Å². The van der Waals surface area contributed by atoms with Crippen LogP contribution >= 0.6 is 11.6 Å². The van der Waals surface area contributed by atoms with Crippen LogP contribution in [0.1, 0.15) is 10.5 Å². The van der Waals surface area contributed by atoms with Crippen LogP contribution in [0, 0.1) is 0 Å². The molecule has 0 spiro atoms. The molecule has 0 saturated carbocycles. The predicted molar refractivity (Wildman–Crippen MR) is 48.7 cm³/mol. The van der Waals surface area contributed by atoms with Gasteiger partial charge in [0.2, 0.25) is 5.88 Å². The van der Waals surface area contributed by atoms with Crippen molar-refractivity contribution in [3.63, 3.8) is 0 Å². The second-order valence-electron chi connectivity index (χ2n) is 2.86. The molecule has 0 radical (unpaired) electrons. The topological polar surface area (TPSA) is 52.1 Å². The summed E-state index contributed by atoms with van der Waals surface area (Å²) < 4.78 is 52.7. The second kappa shape index (κ2) is 5.26. The van der Waals surface area contributed by atoms with E-state index >= 15 is 0 Å². The van der Waals surface area contributed by atoms with Crippen molar-refractivity contribution in [1.29, 1.82) is 0 Å². The number of alkyl halides is 4. The van der Waals surface area contributed by atoms with Crippen LogP contribution in [0.15, 0.2) is 12.4 Å². The van der Waals surface area contributed by atoms with Crippen molar-refractivity contribution in [2.24, 2.45) is 0 Å². The Bertz CT molecular complexity index is 399.